The van der Waals surface area contributed by atoms with E-state index in [1.165, 1.54) is 0 Å². The number of rotatable bonds is 3. The minimum absolute atomic E-state index is 0.116. The molecule has 0 aromatic carbocycles. The van der Waals surface area contributed by atoms with E-state index in [1.807, 2.05) is 11.8 Å². The first kappa shape index (κ1) is 12.2. The second-order valence-electron chi connectivity index (χ2n) is 5.59. The summed E-state index contributed by atoms with van der Waals surface area (Å²) >= 11 is 0. The zero-order chi connectivity index (χ0) is 12.6. The lowest BCUT2D eigenvalue weighted by Gasteiger charge is -2.23. The molecule has 5 nitrogen and oxygen atoms in total. The van der Waals surface area contributed by atoms with Gasteiger partial charge in [0.25, 0.3) is 0 Å². The van der Waals surface area contributed by atoms with Gasteiger partial charge in [-0.15, -0.1) is 0 Å². The van der Waals surface area contributed by atoms with E-state index >= 15 is 0 Å². The molecule has 0 bridgehead atoms. The van der Waals surface area contributed by atoms with Crippen LogP contribution in [0.2, 0.25) is 0 Å². The number of hydrogen-bond donors (Lipinski definition) is 2. The number of likely N-dealkylation sites (tertiary alicyclic amines) is 1. The predicted molar refractivity (Wildman–Crippen MR) is 62.7 cm³/mol. The second-order valence-corrected chi connectivity index (χ2v) is 5.59. The molecule has 5 heteroatoms. The van der Waals surface area contributed by atoms with Gasteiger partial charge in [0, 0.05) is 19.1 Å². The average molecular weight is 240 g/mol. The summed E-state index contributed by atoms with van der Waals surface area (Å²) in [7, 11) is 0. The molecule has 17 heavy (non-hydrogen) atoms. The van der Waals surface area contributed by atoms with Crippen LogP contribution in [0, 0.1) is 11.3 Å². The number of urea groups is 1. The molecule has 2 aliphatic rings. The first-order valence-electron chi connectivity index (χ1n) is 6.22. The summed E-state index contributed by atoms with van der Waals surface area (Å²) in [6, 6.07) is 0.138. The molecule has 2 N–H and O–H groups in total. The third-order valence-corrected chi connectivity index (χ3v) is 3.93. The van der Waals surface area contributed by atoms with Gasteiger partial charge in [0.15, 0.2) is 0 Å². The van der Waals surface area contributed by atoms with Crippen LogP contribution in [0.25, 0.3) is 0 Å². The zero-order valence-corrected chi connectivity index (χ0v) is 10.4. The third-order valence-electron chi connectivity index (χ3n) is 3.93. The molecule has 2 rings (SSSR count). The summed E-state index contributed by atoms with van der Waals surface area (Å²) in [5.41, 5.74) is -0.676. The Kier molecular flexibility index (Phi) is 3.02. The number of carboxylic acid groups (broad SMARTS) is 1. The van der Waals surface area contributed by atoms with E-state index in [0.29, 0.717) is 18.8 Å². The maximum Gasteiger partial charge on any atom is 0.317 e. The van der Waals surface area contributed by atoms with Gasteiger partial charge in [-0.25, -0.2) is 4.79 Å². The standard InChI is InChI=1S/C12H20N2O3/c1-8-5-9(2)14(6-8)11(17)13-7-12(3-4-12)10(15)16/h8-9H,3-7H2,1-2H3,(H,13,17)(H,15,16). The van der Waals surface area contributed by atoms with Gasteiger partial charge in [0.05, 0.1) is 5.41 Å². The molecule has 2 unspecified atom stereocenters. The molecule has 1 saturated heterocycles. The van der Waals surface area contributed by atoms with E-state index < -0.39 is 11.4 Å². The summed E-state index contributed by atoms with van der Waals surface area (Å²) in [5.74, 6) is -0.259. The summed E-state index contributed by atoms with van der Waals surface area (Å²) < 4.78 is 0. The normalized spacial score (nSPS) is 30.1. The van der Waals surface area contributed by atoms with Gasteiger partial charge in [-0.1, -0.05) is 6.92 Å². The van der Waals surface area contributed by atoms with Gasteiger partial charge < -0.3 is 15.3 Å². The lowest BCUT2D eigenvalue weighted by molar-refractivity contribution is -0.143. The molecule has 2 atom stereocenters. The summed E-state index contributed by atoms with van der Waals surface area (Å²) in [6.45, 7) is 5.20. The van der Waals surface area contributed by atoms with Gasteiger partial charge in [-0.05, 0) is 32.1 Å². The fourth-order valence-corrected chi connectivity index (χ4v) is 2.55. The highest BCUT2D eigenvalue weighted by molar-refractivity contribution is 5.80. The van der Waals surface area contributed by atoms with Crippen LogP contribution in [-0.4, -0.2) is 41.1 Å². The van der Waals surface area contributed by atoms with Crippen molar-refractivity contribution in [3.05, 3.63) is 0 Å². The number of hydrogen-bond acceptors (Lipinski definition) is 2. The molecule has 0 aromatic heterocycles. The first-order valence-corrected chi connectivity index (χ1v) is 6.22. The van der Waals surface area contributed by atoms with Crippen LogP contribution >= 0.6 is 0 Å². The minimum atomic E-state index is -0.791. The molecule has 1 aliphatic heterocycles. The quantitative estimate of drug-likeness (QED) is 0.781. The molecular weight excluding hydrogens is 220 g/mol. The lowest BCUT2D eigenvalue weighted by atomic mass is 10.1. The Labute approximate surface area is 101 Å². The second kappa shape index (κ2) is 4.20. The van der Waals surface area contributed by atoms with Crippen molar-refractivity contribution in [2.75, 3.05) is 13.1 Å². The van der Waals surface area contributed by atoms with Crippen molar-refractivity contribution < 1.29 is 14.7 Å². The maximum atomic E-state index is 11.9. The summed E-state index contributed by atoms with van der Waals surface area (Å²) in [6.07, 6.45) is 2.38. The number of nitrogens with zero attached hydrogens (tertiary/aromatic N) is 1. The van der Waals surface area contributed by atoms with Gasteiger partial charge in [-0.2, -0.15) is 0 Å². The molecule has 0 radical (unpaired) electrons. The molecule has 2 amide bonds. The van der Waals surface area contributed by atoms with E-state index in [9.17, 15) is 9.59 Å². The van der Waals surface area contributed by atoms with E-state index in [-0.39, 0.29) is 18.6 Å². The average Bonchev–Trinajstić information content (AvgIpc) is 2.97. The number of aliphatic carboxylic acids is 1. The van der Waals surface area contributed by atoms with Gasteiger partial charge >= 0.3 is 12.0 Å². The largest absolute Gasteiger partial charge is 0.481 e. The molecule has 2 fully saturated rings. The number of nitrogens with one attached hydrogen (secondary N) is 1. The predicted octanol–water partition coefficient (Wildman–Crippen LogP) is 1.29. The van der Waals surface area contributed by atoms with Gasteiger partial charge in [0.1, 0.15) is 0 Å². The van der Waals surface area contributed by atoms with Crippen molar-refractivity contribution in [3.8, 4) is 0 Å². The number of carboxylic acids is 1. The maximum absolute atomic E-state index is 11.9. The molecular formula is C12H20N2O3. The third kappa shape index (κ3) is 2.37. The molecule has 0 spiro atoms. The fourth-order valence-electron chi connectivity index (χ4n) is 2.55. The molecule has 96 valence electrons. The van der Waals surface area contributed by atoms with Crippen molar-refractivity contribution >= 4 is 12.0 Å². The highest BCUT2D eigenvalue weighted by atomic mass is 16.4. The van der Waals surface area contributed by atoms with Crippen molar-refractivity contribution in [2.45, 2.75) is 39.2 Å². The Balaban J connectivity index is 1.84. The molecule has 1 saturated carbocycles. The van der Waals surface area contributed by atoms with Gasteiger partial charge in [-0.3, -0.25) is 4.79 Å². The topological polar surface area (TPSA) is 69.6 Å². The fraction of sp³-hybridized carbons (Fsp3) is 0.833. The monoisotopic (exact) mass is 240 g/mol. The summed E-state index contributed by atoms with van der Waals surface area (Å²) in [5, 5.41) is 11.8. The van der Waals surface area contributed by atoms with Crippen LogP contribution in [0.4, 0.5) is 4.79 Å². The van der Waals surface area contributed by atoms with Crippen molar-refractivity contribution in [1.29, 1.82) is 0 Å². The Morgan fingerprint density at radius 1 is 1.41 bits per heavy atom. The van der Waals surface area contributed by atoms with Crippen LogP contribution in [0.1, 0.15) is 33.1 Å². The van der Waals surface area contributed by atoms with Gasteiger partial charge in [0.2, 0.25) is 0 Å². The number of carbonyl (C=O) groups is 2. The van der Waals surface area contributed by atoms with E-state index in [4.69, 9.17) is 5.11 Å². The molecule has 0 aromatic rings. The minimum Gasteiger partial charge on any atom is -0.481 e. The molecule has 1 heterocycles. The smallest absolute Gasteiger partial charge is 0.317 e. The number of amides is 2. The van der Waals surface area contributed by atoms with E-state index in [0.717, 1.165) is 13.0 Å². The van der Waals surface area contributed by atoms with Crippen molar-refractivity contribution in [1.82, 2.24) is 10.2 Å². The Bertz CT molecular complexity index is 339. The summed E-state index contributed by atoms with van der Waals surface area (Å²) in [4.78, 5) is 24.7. The van der Waals surface area contributed by atoms with Crippen LogP contribution in [0.15, 0.2) is 0 Å². The lowest BCUT2D eigenvalue weighted by Crippen LogP contribution is -2.45. The van der Waals surface area contributed by atoms with Crippen LogP contribution in [0.5, 0.6) is 0 Å². The van der Waals surface area contributed by atoms with Crippen molar-refractivity contribution in [2.24, 2.45) is 11.3 Å². The van der Waals surface area contributed by atoms with Crippen LogP contribution in [0.3, 0.4) is 0 Å². The van der Waals surface area contributed by atoms with Crippen LogP contribution in [-0.2, 0) is 4.79 Å². The van der Waals surface area contributed by atoms with E-state index in [1.54, 1.807) is 0 Å². The zero-order valence-electron chi connectivity index (χ0n) is 10.4. The van der Waals surface area contributed by atoms with Crippen LogP contribution < -0.4 is 5.32 Å². The SMILES string of the molecule is CC1CC(C)N(C(=O)NCC2(C(=O)O)CC2)C1. The van der Waals surface area contributed by atoms with E-state index in [2.05, 4.69) is 12.2 Å². The highest BCUT2D eigenvalue weighted by Crippen LogP contribution is 2.45. The number of carbonyl (C=O) groups excluding carboxylic acids is 1. The Hall–Kier alpha value is -1.26. The first-order chi connectivity index (χ1) is 7.94. The van der Waals surface area contributed by atoms with Crippen molar-refractivity contribution in [3.63, 3.8) is 0 Å². The highest BCUT2D eigenvalue weighted by Gasteiger charge is 2.50. The Morgan fingerprint density at radius 2 is 2.06 bits per heavy atom. The Morgan fingerprint density at radius 3 is 2.47 bits per heavy atom. The molecule has 1 aliphatic carbocycles.